The lowest BCUT2D eigenvalue weighted by atomic mass is 10.1. The lowest BCUT2D eigenvalue weighted by Crippen LogP contribution is -2.17. The number of anilines is 1. The predicted octanol–water partition coefficient (Wildman–Crippen LogP) is 5.05. The van der Waals surface area contributed by atoms with Crippen molar-refractivity contribution in [2.45, 2.75) is 38.9 Å². The average molecular weight is 434 g/mol. The summed E-state index contributed by atoms with van der Waals surface area (Å²) in [6.45, 7) is 5.18. The molecule has 2 aromatic carbocycles. The SMILES string of the molecule is CC(C)Oc1ccc(Br)cc1C(=O)Nc1cccc(OCC2CCCO2)c1. The van der Waals surface area contributed by atoms with Crippen LogP contribution >= 0.6 is 15.9 Å². The number of ether oxygens (including phenoxy) is 3. The van der Waals surface area contributed by atoms with Crippen molar-refractivity contribution in [2.75, 3.05) is 18.5 Å². The van der Waals surface area contributed by atoms with Gasteiger partial charge in [-0.25, -0.2) is 0 Å². The smallest absolute Gasteiger partial charge is 0.259 e. The number of benzene rings is 2. The van der Waals surface area contributed by atoms with Gasteiger partial charge in [-0.15, -0.1) is 0 Å². The Labute approximate surface area is 168 Å². The maximum atomic E-state index is 12.8. The fourth-order valence-corrected chi connectivity index (χ4v) is 3.22. The van der Waals surface area contributed by atoms with Gasteiger partial charge in [-0.05, 0) is 57.0 Å². The molecule has 1 atom stereocenters. The predicted molar refractivity (Wildman–Crippen MR) is 109 cm³/mol. The molecule has 5 nitrogen and oxygen atoms in total. The summed E-state index contributed by atoms with van der Waals surface area (Å²) in [5.74, 6) is 1.02. The molecule has 0 aliphatic carbocycles. The maximum absolute atomic E-state index is 12.8. The zero-order valence-electron chi connectivity index (χ0n) is 15.5. The highest BCUT2D eigenvalue weighted by atomic mass is 79.9. The Bertz CT molecular complexity index is 788. The van der Waals surface area contributed by atoms with Crippen molar-refractivity contribution in [2.24, 2.45) is 0 Å². The number of carbonyl (C=O) groups is 1. The Balaban J connectivity index is 1.68. The third kappa shape index (κ3) is 5.71. The Morgan fingerprint density at radius 2 is 2.15 bits per heavy atom. The van der Waals surface area contributed by atoms with Crippen molar-refractivity contribution in [3.8, 4) is 11.5 Å². The Morgan fingerprint density at radius 1 is 1.30 bits per heavy atom. The molecule has 0 radical (unpaired) electrons. The number of nitrogens with one attached hydrogen (secondary N) is 1. The summed E-state index contributed by atoms with van der Waals surface area (Å²) in [7, 11) is 0. The molecule has 1 unspecified atom stereocenters. The van der Waals surface area contributed by atoms with Crippen LogP contribution in [0.15, 0.2) is 46.9 Å². The van der Waals surface area contributed by atoms with E-state index in [1.165, 1.54) is 0 Å². The molecule has 1 aliphatic rings. The summed E-state index contributed by atoms with van der Waals surface area (Å²) in [4.78, 5) is 12.8. The fourth-order valence-electron chi connectivity index (χ4n) is 2.86. The minimum absolute atomic E-state index is 0.0211. The third-order valence-corrected chi connectivity index (χ3v) is 4.59. The molecule has 1 aliphatic heterocycles. The first-order chi connectivity index (χ1) is 13.0. The van der Waals surface area contributed by atoms with Gasteiger partial charge in [0.25, 0.3) is 5.91 Å². The van der Waals surface area contributed by atoms with E-state index in [1.807, 2.05) is 44.2 Å². The Hall–Kier alpha value is -2.05. The van der Waals surface area contributed by atoms with Gasteiger partial charge in [0, 0.05) is 22.8 Å². The summed E-state index contributed by atoms with van der Waals surface area (Å²) in [6.07, 6.45) is 2.24. The summed E-state index contributed by atoms with van der Waals surface area (Å²) in [6, 6.07) is 12.8. The normalized spacial score (nSPS) is 16.4. The standard InChI is InChI=1S/C21H24BrNO4/c1-14(2)27-20-9-8-15(22)11-19(20)21(24)23-16-5-3-6-17(12-16)26-13-18-7-4-10-25-18/h3,5-6,8-9,11-12,14,18H,4,7,10,13H2,1-2H3,(H,23,24). The molecular weight excluding hydrogens is 410 g/mol. The first-order valence-corrected chi connectivity index (χ1v) is 9.92. The molecule has 0 bridgehead atoms. The van der Waals surface area contributed by atoms with Gasteiger partial charge in [0.15, 0.2) is 0 Å². The number of amides is 1. The van der Waals surface area contributed by atoms with E-state index >= 15 is 0 Å². The van der Waals surface area contributed by atoms with Crippen LogP contribution in [-0.4, -0.2) is 31.3 Å². The van der Waals surface area contributed by atoms with Gasteiger partial charge < -0.3 is 19.5 Å². The second kappa shape index (κ2) is 9.24. The van der Waals surface area contributed by atoms with Crippen molar-refractivity contribution in [1.82, 2.24) is 0 Å². The Morgan fingerprint density at radius 3 is 2.89 bits per heavy atom. The molecule has 2 aromatic rings. The van der Waals surface area contributed by atoms with Gasteiger partial charge in [0.2, 0.25) is 0 Å². The zero-order valence-corrected chi connectivity index (χ0v) is 17.1. The summed E-state index contributed by atoms with van der Waals surface area (Å²) >= 11 is 3.41. The molecule has 1 fully saturated rings. The van der Waals surface area contributed by atoms with Crippen molar-refractivity contribution in [3.05, 3.63) is 52.5 Å². The molecule has 1 heterocycles. The van der Waals surface area contributed by atoms with Crippen molar-refractivity contribution in [3.63, 3.8) is 0 Å². The highest BCUT2D eigenvalue weighted by Gasteiger charge is 2.17. The molecule has 144 valence electrons. The molecule has 1 saturated heterocycles. The molecular formula is C21H24BrNO4. The van der Waals surface area contributed by atoms with Gasteiger partial charge in [-0.3, -0.25) is 4.79 Å². The van der Waals surface area contributed by atoms with Gasteiger partial charge in [0.05, 0.1) is 17.8 Å². The molecule has 27 heavy (non-hydrogen) atoms. The van der Waals surface area contributed by atoms with Crippen LogP contribution in [0.2, 0.25) is 0 Å². The number of hydrogen-bond donors (Lipinski definition) is 1. The largest absolute Gasteiger partial charge is 0.491 e. The first kappa shape index (κ1) is 19.7. The van der Waals surface area contributed by atoms with E-state index in [0.29, 0.717) is 29.4 Å². The van der Waals surface area contributed by atoms with Crippen LogP contribution in [0.3, 0.4) is 0 Å². The van der Waals surface area contributed by atoms with E-state index in [9.17, 15) is 4.79 Å². The molecule has 0 saturated carbocycles. The van der Waals surface area contributed by atoms with Crippen LogP contribution in [0.4, 0.5) is 5.69 Å². The minimum Gasteiger partial charge on any atom is -0.491 e. The second-order valence-electron chi connectivity index (χ2n) is 6.74. The first-order valence-electron chi connectivity index (χ1n) is 9.13. The van der Waals surface area contributed by atoms with Crippen LogP contribution in [0.25, 0.3) is 0 Å². The van der Waals surface area contributed by atoms with Gasteiger partial charge in [0.1, 0.15) is 18.1 Å². The number of rotatable bonds is 7. The van der Waals surface area contributed by atoms with E-state index in [2.05, 4.69) is 21.2 Å². The topological polar surface area (TPSA) is 56.8 Å². The zero-order chi connectivity index (χ0) is 19.2. The summed E-state index contributed by atoms with van der Waals surface area (Å²) in [5, 5.41) is 2.92. The summed E-state index contributed by atoms with van der Waals surface area (Å²) < 4.78 is 18.0. The van der Waals surface area contributed by atoms with Crippen molar-refractivity contribution >= 4 is 27.5 Å². The molecule has 0 aromatic heterocycles. The number of halogens is 1. The van der Waals surface area contributed by atoms with E-state index in [4.69, 9.17) is 14.2 Å². The number of hydrogen-bond acceptors (Lipinski definition) is 4. The van der Waals surface area contributed by atoms with Crippen molar-refractivity contribution in [1.29, 1.82) is 0 Å². The van der Waals surface area contributed by atoms with Crippen LogP contribution < -0.4 is 14.8 Å². The monoisotopic (exact) mass is 433 g/mol. The highest BCUT2D eigenvalue weighted by molar-refractivity contribution is 9.10. The van der Waals surface area contributed by atoms with Gasteiger partial charge >= 0.3 is 0 Å². The molecule has 1 amide bonds. The lowest BCUT2D eigenvalue weighted by Gasteiger charge is -2.15. The number of carbonyl (C=O) groups excluding carboxylic acids is 1. The average Bonchev–Trinajstić information content (AvgIpc) is 3.15. The highest BCUT2D eigenvalue weighted by Crippen LogP contribution is 2.26. The minimum atomic E-state index is -0.233. The van der Waals surface area contributed by atoms with Gasteiger partial charge in [-0.1, -0.05) is 22.0 Å². The molecule has 1 N–H and O–H groups in total. The second-order valence-corrected chi connectivity index (χ2v) is 7.65. The molecule has 3 rings (SSSR count). The van der Waals surface area contributed by atoms with Crippen LogP contribution in [0, 0.1) is 0 Å². The summed E-state index contributed by atoms with van der Waals surface area (Å²) in [5.41, 5.74) is 1.14. The molecule has 0 spiro atoms. The van der Waals surface area contributed by atoms with Crippen molar-refractivity contribution < 1.29 is 19.0 Å². The maximum Gasteiger partial charge on any atom is 0.259 e. The third-order valence-electron chi connectivity index (χ3n) is 4.10. The van der Waals surface area contributed by atoms with Crippen LogP contribution in [0.5, 0.6) is 11.5 Å². The fraction of sp³-hybridized carbons (Fsp3) is 0.381. The van der Waals surface area contributed by atoms with E-state index in [1.54, 1.807) is 12.1 Å². The van der Waals surface area contributed by atoms with Crippen LogP contribution in [0.1, 0.15) is 37.0 Å². The molecule has 6 heteroatoms. The Kier molecular flexibility index (Phi) is 6.74. The van der Waals surface area contributed by atoms with Crippen LogP contribution in [-0.2, 0) is 4.74 Å². The quantitative estimate of drug-likeness (QED) is 0.663. The van der Waals surface area contributed by atoms with E-state index < -0.39 is 0 Å². The van der Waals surface area contributed by atoms with Gasteiger partial charge in [-0.2, -0.15) is 0 Å². The lowest BCUT2D eigenvalue weighted by molar-refractivity contribution is 0.0680. The van der Waals surface area contributed by atoms with E-state index in [-0.39, 0.29) is 18.1 Å². The van der Waals surface area contributed by atoms with E-state index in [0.717, 1.165) is 23.9 Å².